The Kier molecular flexibility index (Phi) is 3.80. The van der Waals surface area contributed by atoms with E-state index in [1.54, 1.807) is 7.11 Å². The molecule has 25 heavy (non-hydrogen) atoms. The molecule has 4 rings (SSSR count). The summed E-state index contributed by atoms with van der Waals surface area (Å²) in [6.45, 7) is 0.749. The van der Waals surface area contributed by atoms with Gasteiger partial charge < -0.3 is 14.4 Å². The molecule has 1 N–H and O–H groups in total. The lowest BCUT2D eigenvalue weighted by Gasteiger charge is -2.11. The number of aliphatic hydroxyl groups is 1. The highest BCUT2D eigenvalue weighted by molar-refractivity contribution is 5.99. The lowest BCUT2D eigenvalue weighted by molar-refractivity contribution is -0.115. The van der Waals surface area contributed by atoms with Crippen LogP contribution in [-0.2, 0) is 11.3 Å². The fraction of sp³-hybridized carbons (Fsp3) is 0.190. The monoisotopic (exact) mass is 333 g/mol. The molecular weight excluding hydrogens is 314 g/mol. The van der Waals surface area contributed by atoms with Crippen molar-refractivity contribution in [3.8, 4) is 5.75 Å². The number of carbonyl (C=O) groups is 1. The van der Waals surface area contributed by atoms with Crippen LogP contribution in [0.25, 0.3) is 10.9 Å². The summed E-state index contributed by atoms with van der Waals surface area (Å²) in [6.07, 6.45) is 3.79. The summed E-state index contributed by atoms with van der Waals surface area (Å²) in [5, 5.41) is 10.8. The summed E-state index contributed by atoms with van der Waals surface area (Å²) in [5.41, 5.74) is 3.22. The predicted molar refractivity (Wildman–Crippen MR) is 97.1 cm³/mol. The molecule has 1 unspecified atom stereocenters. The zero-order valence-corrected chi connectivity index (χ0v) is 14.0. The summed E-state index contributed by atoms with van der Waals surface area (Å²) in [6, 6.07) is 16.2. The molecular formula is C21H19NO3. The number of ketones is 1. The van der Waals surface area contributed by atoms with E-state index in [1.807, 2.05) is 24.3 Å². The van der Waals surface area contributed by atoms with Crippen LogP contribution >= 0.6 is 0 Å². The highest BCUT2D eigenvalue weighted by Crippen LogP contribution is 2.32. The van der Waals surface area contributed by atoms with Gasteiger partial charge in [-0.25, -0.2) is 0 Å². The van der Waals surface area contributed by atoms with Crippen LogP contribution in [0, 0.1) is 0 Å². The van der Waals surface area contributed by atoms with Gasteiger partial charge in [-0.05, 0) is 40.8 Å². The number of hydrogen-bond acceptors (Lipinski definition) is 3. The summed E-state index contributed by atoms with van der Waals surface area (Å²) >= 11 is 0. The Morgan fingerprint density at radius 2 is 1.96 bits per heavy atom. The minimum atomic E-state index is -0.270. The highest BCUT2D eigenvalue weighted by Gasteiger charge is 2.27. The smallest absolute Gasteiger partial charge is 0.166 e. The molecule has 0 spiro atoms. The van der Waals surface area contributed by atoms with Crippen LogP contribution in [0.2, 0.25) is 0 Å². The van der Waals surface area contributed by atoms with Crippen molar-refractivity contribution >= 4 is 16.7 Å². The summed E-state index contributed by atoms with van der Waals surface area (Å²) < 4.78 is 7.38. The minimum absolute atomic E-state index is 0.0230. The number of carbonyl (C=O) groups excluding carboxylic acids is 1. The van der Waals surface area contributed by atoms with Crippen LogP contribution in [0.5, 0.6) is 5.75 Å². The van der Waals surface area contributed by atoms with E-state index in [2.05, 4.69) is 35.0 Å². The Labute approximate surface area is 146 Å². The van der Waals surface area contributed by atoms with E-state index in [0.29, 0.717) is 6.42 Å². The van der Waals surface area contributed by atoms with Gasteiger partial charge in [0.2, 0.25) is 0 Å². The fourth-order valence-electron chi connectivity index (χ4n) is 3.40. The molecule has 126 valence electrons. The molecule has 4 heteroatoms. The van der Waals surface area contributed by atoms with Crippen LogP contribution in [0.3, 0.4) is 0 Å². The standard InChI is InChI=1S/C21H19NO3/c1-25-18-6-2-14(3-7-18)13-22-9-8-15-4-5-16(10-20(15)22)19-11-17(23)12-21(19)24/h2-10,12,19,23H,11,13H2,1H3. The molecule has 1 aromatic heterocycles. The first-order valence-corrected chi connectivity index (χ1v) is 8.29. The third-order valence-electron chi connectivity index (χ3n) is 4.78. The molecule has 0 aliphatic heterocycles. The zero-order valence-electron chi connectivity index (χ0n) is 14.0. The fourth-order valence-corrected chi connectivity index (χ4v) is 3.40. The van der Waals surface area contributed by atoms with Crippen LogP contribution in [-0.4, -0.2) is 22.6 Å². The van der Waals surface area contributed by atoms with Crippen LogP contribution in [0.1, 0.15) is 23.5 Å². The second-order valence-corrected chi connectivity index (χ2v) is 6.40. The average molecular weight is 333 g/mol. The van der Waals surface area contributed by atoms with Gasteiger partial charge in [0.1, 0.15) is 5.75 Å². The van der Waals surface area contributed by atoms with Crippen LogP contribution in [0.4, 0.5) is 0 Å². The van der Waals surface area contributed by atoms with Crippen molar-refractivity contribution in [3.63, 3.8) is 0 Å². The van der Waals surface area contributed by atoms with Gasteiger partial charge in [-0.15, -0.1) is 0 Å². The van der Waals surface area contributed by atoms with Crippen molar-refractivity contribution in [1.29, 1.82) is 0 Å². The van der Waals surface area contributed by atoms with Crippen molar-refractivity contribution in [2.75, 3.05) is 7.11 Å². The van der Waals surface area contributed by atoms with E-state index in [0.717, 1.165) is 28.8 Å². The molecule has 0 bridgehead atoms. The van der Waals surface area contributed by atoms with Gasteiger partial charge in [0.15, 0.2) is 5.78 Å². The van der Waals surface area contributed by atoms with Crippen LogP contribution in [0.15, 0.2) is 66.6 Å². The minimum Gasteiger partial charge on any atom is -0.512 e. The van der Waals surface area contributed by atoms with Crippen molar-refractivity contribution in [2.45, 2.75) is 18.9 Å². The summed E-state index contributed by atoms with van der Waals surface area (Å²) in [4.78, 5) is 12.0. The Morgan fingerprint density at radius 3 is 2.64 bits per heavy atom. The second kappa shape index (κ2) is 6.13. The van der Waals surface area contributed by atoms with E-state index in [4.69, 9.17) is 4.74 Å². The van der Waals surface area contributed by atoms with Gasteiger partial charge in [-0.1, -0.05) is 24.3 Å². The second-order valence-electron chi connectivity index (χ2n) is 6.40. The number of fused-ring (bicyclic) bond motifs is 1. The van der Waals surface area contributed by atoms with E-state index in [1.165, 1.54) is 11.6 Å². The third-order valence-corrected chi connectivity index (χ3v) is 4.78. The quantitative estimate of drug-likeness (QED) is 0.778. The molecule has 0 amide bonds. The first kappa shape index (κ1) is 15.5. The van der Waals surface area contributed by atoms with E-state index in [-0.39, 0.29) is 17.5 Å². The van der Waals surface area contributed by atoms with Crippen molar-refractivity contribution < 1.29 is 14.6 Å². The Morgan fingerprint density at radius 1 is 1.16 bits per heavy atom. The van der Waals surface area contributed by atoms with Gasteiger partial charge in [-0.2, -0.15) is 0 Å². The van der Waals surface area contributed by atoms with Crippen molar-refractivity contribution in [3.05, 3.63) is 77.7 Å². The maximum absolute atomic E-state index is 12.0. The summed E-state index contributed by atoms with van der Waals surface area (Å²) in [7, 11) is 1.66. The maximum atomic E-state index is 12.0. The van der Waals surface area contributed by atoms with E-state index < -0.39 is 0 Å². The topological polar surface area (TPSA) is 51.5 Å². The van der Waals surface area contributed by atoms with E-state index in [9.17, 15) is 9.90 Å². The molecule has 0 fully saturated rings. The first-order valence-electron chi connectivity index (χ1n) is 8.29. The van der Waals surface area contributed by atoms with Gasteiger partial charge in [-0.3, -0.25) is 4.79 Å². The van der Waals surface area contributed by atoms with Gasteiger partial charge in [0.05, 0.1) is 18.8 Å². The molecule has 1 heterocycles. The number of rotatable bonds is 4. The average Bonchev–Trinajstić information content (AvgIpc) is 3.18. The molecule has 4 nitrogen and oxygen atoms in total. The van der Waals surface area contributed by atoms with Gasteiger partial charge in [0, 0.05) is 30.8 Å². The number of allylic oxidation sites excluding steroid dienone is 2. The normalized spacial score (nSPS) is 17.1. The molecule has 1 atom stereocenters. The zero-order chi connectivity index (χ0) is 17.4. The first-order chi connectivity index (χ1) is 12.1. The SMILES string of the molecule is COc1ccc(Cn2ccc3ccc(C4CC(O)=CC4=O)cc32)cc1. The molecule has 0 saturated heterocycles. The number of aliphatic hydroxyl groups excluding tert-OH is 1. The Hall–Kier alpha value is -3.01. The number of methoxy groups -OCH3 is 1. The predicted octanol–water partition coefficient (Wildman–Crippen LogP) is 4.20. The maximum Gasteiger partial charge on any atom is 0.166 e. The molecule has 3 aromatic rings. The number of ether oxygens (including phenoxy) is 1. The highest BCUT2D eigenvalue weighted by atomic mass is 16.5. The molecule has 1 aliphatic carbocycles. The number of benzene rings is 2. The third kappa shape index (κ3) is 2.91. The lowest BCUT2D eigenvalue weighted by atomic mass is 9.95. The van der Waals surface area contributed by atoms with Crippen molar-refractivity contribution in [1.82, 2.24) is 4.57 Å². The van der Waals surface area contributed by atoms with Gasteiger partial charge in [0.25, 0.3) is 0 Å². The molecule has 1 aliphatic rings. The molecule has 0 radical (unpaired) electrons. The largest absolute Gasteiger partial charge is 0.512 e. The van der Waals surface area contributed by atoms with Gasteiger partial charge >= 0.3 is 0 Å². The molecule has 0 saturated carbocycles. The number of aromatic nitrogens is 1. The molecule has 2 aromatic carbocycles. The number of nitrogens with zero attached hydrogens (tertiary/aromatic N) is 1. The number of hydrogen-bond donors (Lipinski definition) is 1. The Balaban J connectivity index is 1.65. The summed E-state index contributed by atoms with van der Waals surface area (Å²) in [5.74, 6) is 0.720. The van der Waals surface area contributed by atoms with Crippen LogP contribution < -0.4 is 4.74 Å². The van der Waals surface area contributed by atoms with Crippen molar-refractivity contribution in [2.24, 2.45) is 0 Å². The Bertz CT molecular complexity index is 966. The lowest BCUT2D eigenvalue weighted by Crippen LogP contribution is -2.05. The van der Waals surface area contributed by atoms with E-state index >= 15 is 0 Å².